The van der Waals surface area contributed by atoms with E-state index < -0.39 is 10.0 Å². The van der Waals surface area contributed by atoms with Gasteiger partial charge in [0.2, 0.25) is 0 Å². The predicted molar refractivity (Wildman–Crippen MR) is 119 cm³/mol. The van der Waals surface area contributed by atoms with Crippen LogP contribution in [0.25, 0.3) is 16.8 Å². The number of hydrogen-bond donors (Lipinski definition) is 1. The Hall–Kier alpha value is -3.18. The highest BCUT2D eigenvalue weighted by molar-refractivity contribution is 7.89. The fourth-order valence-corrected chi connectivity index (χ4v) is 4.18. The molecule has 4 nitrogen and oxygen atoms in total. The first-order valence-electron chi connectivity index (χ1n) is 9.54. The van der Waals surface area contributed by atoms with Gasteiger partial charge in [-0.15, -0.1) is 0 Å². The fraction of sp³-hybridized carbons (Fsp3) is 0.125. The molecule has 0 amide bonds. The summed E-state index contributed by atoms with van der Waals surface area (Å²) >= 11 is 0. The van der Waals surface area contributed by atoms with Crippen molar-refractivity contribution < 1.29 is 8.42 Å². The van der Waals surface area contributed by atoms with E-state index in [1.807, 2.05) is 31.2 Å². The van der Waals surface area contributed by atoms with E-state index in [4.69, 9.17) is 0 Å². The third-order valence-corrected chi connectivity index (χ3v) is 6.17. The topological polar surface area (TPSA) is 58.5 Å². The van der Waals surface area contributed by atoms with E-state index in [1.165, 1.54) is 5.39 Å². The highest BCUT2D eigenvalue weighted by Crippen LogP contribution is 2.24. The van der Waals surface area contributed by atoms with Crippen LogP contribution in [-0.4, -0.2) is 14.1 Å². The maximum atomic E-state index is 12.6. The van der Waals surface area contributed by atoms with Crippen LogP contribution in [0.15, 0.2) is 94.5 Å². The number of aryl methyl sites for hydroxylation is 1. The standard InChI is InChI=1S/C24H22N2O2S/c1-18-13-15-22(16-14-18)29(27,28)26-25-24-12-5-3-8-21(24)17-20-10-6-9-19-7-2-4-11-23(19)20/h2-4,6-11,13-17,26H,5,12H2,1H3/b21-17+,25-24+. The average Bonchev–Trinajstić information content (AvgIpc) is 2.74. The van der Waals surface area contributed by atoms with Crippen LogP contribution in [0.4, 0.5) is 0 Å². The van der Waals surface area contributed by atoms with Crippen molar-refractivity contribution in [1.29, 1.82) is 0 Å². The number of nitrogens with zero attached hydrogens (tertiary/aromatic N) is 1. The maximum absolute atomic E-state index is 12.6. The van der Waals surface area contributed by atoms with Crippen LogP contribution in [-0.2, 0) is 10.0 Å². The molecule has 3 aromatic rings. The van der Waals surface area contributed by atoms with E-state index in [-0.39, 0.29) is 4.90 Å². The molecule has 0 aliphatic heterocycles. The van der Waals surface area contributed by atoms with Gasteiger partial charge in [-0.25, -0.2) is 0 Å². The summed E-state index contributed by atoms with van der Waals surface area (Å²) in [5.41, 5.74) is 3.74. The minimum absolute atomic E-state index is 0.207. The third kappa shape index (κ3) is 4.30. The molecule has 1 aliphatic rings. The first kappa shape index (κ1) is 19.2. The Bertz CT molecular complexity index is 1230. The van der Waals surface area contributed by atoms with E-state index in [0.29, 0.717) is 6.42 Å². The summed E-state index contributed by atoms with van der Waals surface area (Å²) in [6.07, 6.45) is 7.67. The molecule has 0 spiro atoms. The lowest BCUT2D eigenvalue weighted by Gasteiger charge is -2.13. The molecular formula is C24H22N2O2S. The highest BCUT2D eigenvalue weighted by Gasteiger charge is 2.15. The van der Waals surface area contributed by atoms with Gasteiger partial charge >= 0.3 is 0 Å². The summed E-state index contributed by atoms with van der Waals surface area (Å²) in [5.74, 6) is 0. The second kappa shape index (κ2) is 8.05. The van der Waals surface area contributed by atoms with Crippen LogP contribution in [0.2, 0.25) is 0 Å². The largest absolute Gasteiger partial charge is 0.276 e. The van der Waals surface area contributed by atoms with Gasteiger partial charge in [-0.2, -0.15) is 18.4 Å². The zero-order valence-corrected chi connectivity index (χ0v) is 17.0. The summed E-state index contributed by atoms with van der Waals surface area (Å²) in [5, 5.41) is 6.59. The molecule has 0 heterocycles. The van der Waals surface area contributed by atoms with Crippen molar-refractivity contribution in [3.8, 4) is 0 Å². The number of fused-ring (bicyclic) bond motifs is 1. The predicted octanol–water partition coefficient (Wildman–Crippen LogP) is 5.22. The van der Waals surface area contributed by atoms with Gasteiger partial charge in [-0.1, -0.05) is 72.3 Å². The molecular weight excluding hydrogens is 380 g/mol. The van der Waals surface area contributed by atoms with E-state index in [0.717, 1.165) is 34.2 Å². The summed E-state index contributed by atoms with van der Waals surface area (Å²) in [6.45, 7) is 1.92. The smallest absolute Gasteiger partial charge is 0.200 e. The van der Waals surface area contributed by atoms with Crippen molar-refractivity contribution >= 4 is 32.6 Å². The second-order valence-electron chi connectivity index (χ2n) is 7.08. The minimum atomic E-state index is -3.70. The molecule has 0 saturated heterocycles. The molecule has 0 radical (unpaired) electrons. The van der Waals surface area contributed by atoms with Gasteiger partial charge in [0.1, 0.15) is 0 Å². The van der Waals surface area contributed by atoms with Crippen molar-refractivity contribution in [1.82, 2.24) is 4.83 Å². The number of rotatable bonds is 4. The van der Waals surface area contributed by atoms with Crippen LogP contribution in [0.5, 0.6) is 0 Å². The van der Waals surface area contributed by atoms with Crippen LogP contribution in [0.3, 0.4) is 0 Å². The minimum Gasteiger partial charge on any atom is -0.200 e. The summed E-state index contributed by atoms with van der Waals surface area (Å²) in [6, 6.07) is 21.1. The second-order valence-corrected chi connectivity index (χ2v) is 8.74. The van der Waals surface area contributed by atoms with Crippen molar-refractivity contribution in [2.45, 2.75) is 24.7 Å². The molecule has 0 bridgehead atoms. The molecule has 0 fully saturated rings. The lowest BCUT2D eigenvalue weighted by Crippen LogP contribution is -2.21. The van der Waals surface area contributed by atoms with E-state index in [1.54, 1.807) is 24.3 Å². The number of hydrazone groups is 1. The number of allylic oxidation sites excluding steroid dienone is 3. The number of nitrogens with one attached hydrogen (secondary N) is 1. The number of hydrogen-bond acceptors (Lipinski definition) is 3. The van der Waals surface area contributed by atoms with Crippen LogP contribution in [0, 0.1) is 6.92 Å². The average molecular weight is 403 g/mol. The van der Waals surface area contributed by atoms with Gasteiger partial charge in [-0.3, -0.25) is 0 Å². The lowest BCUT2D eigenvalue weighted by atomic mass is 9.95. The van der Waals surface area contributed by atoms with Crippen molar-refractivity contribution in [3.05, 3.63) is 95.6 Å². The monoisotopic (exact) mass is 402 g/mol. The van der Waals surface area contributed by atoms with Gasteiger partial charge in [0.05, 0.1) is 10.6 Å². The number of benzene rings is 3. The van der Waals surface area contributed by atoms with Crippen LogP contribution in [0.1, 0.15) is 24.0 Å². The van der Waals surface area contributed by atoms with Gasteiger partial charge in [-0.05, 0) is 59.9 Å². The number of sulfonamides is 1. The zero-order chi connectivity index (χ0) is 20.3. The Balaban J connectivity index is 1.67. The molecule has 5 heteroatoms. The van der Waals surface area contributed by atoms with Crippen molar-refractivity contribution in [2.24, 2.45) is 5.10 Å². The fourth-order valence-electron chi connectivity index (χ4n) is 3.35. The van der Waals surface area contributed by atoms with Crippen molar-refractivity contribution in [3.63, 3.8) is 0 Å². The Kier molecular flexibility index (Phi) is 5.32. The first-order valence-corrected chi connectivity index (χ1v) is 11.0. The van der Waals surface area contributed by atoms with Gasteiger partial charge < -0.3 is 0 Å². The molecule has 3 aromatic carbocycles. The normalized spacial score (nSPS) is 17.1. The van der Waals surface area contributed by atoms with E-state index in [9.17, 15) is 8.42 Å². The van der Waals surface area contributed by atoms with Gasteiger partial charge in [0, 0.05) is 0 Å². The van der Waals surface area contributed by atoms with E-state index in [2.05, 4.69) is 46.4 Å². The quantitative estimate of drug-likeness (QED) is 0.609. The summed E-state index contributed by atoms with van der Waals surface area (Å²) in [7, 11) is -3.70. The van der Waals surface area contributed by atoms with Crippen LogP contribution < -0.4 is 4.83 Å². The molecule has 1 aliphatic carbocycles. The van der Waals surface area contributed by atoms with Gasteiger partial charge in [0.15, 0.2) is 0 Å². The highest BCUT2D eigenvalue weighted by atomic mass is 32.2. The SMILES string of the molecule is Cc1ccc(S(=O)(=O)N/N=C2\CCC=C\C2=C/c2cccc3ccccc23)cc1. The molecule has 146 valence electrons. The molecule has 0 aromatic heterocycles. The van der Waals surface area contributed by atoms with Crippen LogP contribution >= 0.6 is 0 Å². The Labute approximate surface area is 171 Å². The van der Waals surface area contributed by atoms with Crippen molar-refractivity contribution in [2.75, 3.05) is 0 Å². The summed E-state index contributed by atoms with van der Waals surface area (Å²) < 4.78 is 25.1. The molecule has 29 heavy (non-hydrogen) atoms. The summed E-state index contributed by atoms with van der Waals surface area (Å²) in [4.78, 5) is 2.61. The Morgan fingerprint density at radius 2 is 1.72 bits per heavy atom. The molecule has 0 saturated carbocycles. The zero-order valence-electron chi connectivity index (χ0n) is 16.2. The molecule has 1 N–H and O–H groups in total. The van der Waals surface area contributed by atoms with E-state index >= 15 is 0 Å². The molecule has 0 unspecified atom stereocenters. The molecule has 4 rings (SSSR count). The first-order chi connectivity index (χ1) is 14.0. The Morgan fingerprint density at radius 1 is 0.966 bits per heavy atom. The Morgan fingerprint density at radius 3 is 2.55 bits per heavy atom. The van der Waals surface area contributed by atoms with Gasteiger partial charge in [0.25, 0.3) is 10.0 Å². The maximum Gasteiger partial charge on any atom is 0.276 e. The molecule has 0 atom stereocenters. The third-order valence-electron chi connectivity index (χ3n) is 4.94. The lowest BCUT2D eigenvalue weighted by molar-refractivity contribution is 0.584.